The Morgan fingerprint density at radius 1 is 1.42 bits per heavy atom. The first-order valence-electron chi connectivity index (χ1n) is 6.52. The van der Waals surface area contributed by atoms with E-state index in [4.69, 9.17) is 16.3 Å². The molecule has 6 nitrogen and oxygen atoms in total. The number of halogens is 1. The molecule has 1 saturated heterocycles. The maximum absolute atomic E-state index is 5.89. The molecule has 0 aliphatic carbocycles. The molecule has 0 spiro atoms. The maximum Gasteiger partial charge on any atom is 0.322 e. The minimum absolute atomic E-state index is 0.170. The van der Waals surface area contributed by atoms with Gasteiger partial charge in [-0.2, -0.15) is 15.0 Å². The summed E-state index contributed by atoms with van der Waals surface area (Å²) in [5, 5.41) is 0.170. The number of nitrogens with zero attached hydrogens (tertiary/aromatic N) is 5. The lowest BCUT2D eigenvalue weighted by Crippen LogP contribution is -2.28. The lowest BCUT2D eigenvalue weighted by atomic mass is 10.1. The SMILES string of the molecule is CCOc1nc(Cl)nc(N(C)CC2CCN(C)C2)n1. The standard InChI is InChI=1S/C12H20ClN5O/c1-4-19-12-15-10(13)14-11(16-12)18(3)8-9-5-6-17(2)7-9/h9H,4-8H2,1-3H3. The van der Waals surface area contributed by atoms with Crippen LogP contribution in [-0.2, 0) is 0 Å². The molecule has 106 valence electrons. The highest BCUT2D eigenvalue weighted by atomic mass is 35.5. The highest BCUT2D eigenvalue weighted by molar-refractivity contribution is 6.28. The molecular formula is C12H20ClN5O. The van der Waals surface area contributed by atoms with Crippen LogP contribution in [0.2, 0.25) is 5.28 Å². The van der Waals surface area contributed by atoms with E-state index in [0.717, 1.165) is 19.6 Å². The normalized spacial score (nSPS) is 19.7. The van der Waals surface area contributed by atoms with Crippen LogP contribution in [0.4, 0.5) is 5.95 Å². The van der Waals surface area contributed by atoms with E-state index in [1.807, 2.05) is 18.9 Å². The van der Waals surface area contributed by atoms with E-state index in [1.54, 1.807) is 0 Å². The Hall–Kier alpha value is -1.14. The predicted molar refractivity (Wildman–Crippen MR) is 74.9 cm³/mol. The number of rotatable bonds is 5. The molecule has 2 heterocycles. The summed E-state index contributed by atoms with van der Waals surface area (Å²) in [7, 11) is 4.12. The Bertz CT molecular complexity index is 431. The summed E-state index contributed by atoms with van der Waals surface area (Å²) in [5.74, 6) is 1.21. The molecule has 19 heavy (non-hydrogen) atoms. The van der Waals surface area contributed by atoms with Crippen molar-refractivity contribution in [1.82, 2.24) is 19.9 Å². The summed E-state index contributed by atoms with van der Waals surface area (Å²) < 4.78 is 5.28. The van der Waals surface area contributed by atoms with Crippen LogP contribution < -0.4 is 9.64 Å². The van der Waals surface area contributed by atoms with Gasteiger partial charge in [-0.15, -0.1) is 0 Å². The van der Waals surface area contributed by atoms with Crippen molar-refractivity contribution in [1.29, 1.82) is 0 Å². The van der Waals surface area contributed by atoms with Gasteiger partial charge in [0.05, 0.1) is 6.61 Å². The molecule has 0 N–H and O–H groups in total. The van der Waals surface area contributed by atoms with Gasteiger partial charge in [0.2, 0.25) is 11.2 Å². The van der Waals surface area contributed by atoms with E-state index in [2.05, 4.69) is 26.9 Å². The van der Waals surface area contributed by atoms with E-state index in [0.29, 0.717) is 18.5 Å². The van der Waals surface area contributed by atoms with Gasteiger partial charge in [-0.1, -0.05) is 0 Å². The molecule has 7 heteroatoms. The van der Waals surface area contributed by atoms with Crippen LogP contribution in [0.1, 0.15) is 13.3 Å². The zero-order chi connectivity index (χ0) is 13.8. The third kappa shape index (κ3) is 3.91. The van der Waals surface area contributed by atoms with Crippen LogP contribution in [0.3, 0.4) is 0 Å². The van der Waals surface area contributed by atoms with Gasteiger partial charge in [0.1, 0.15) is 0 Å². The van der Waals surface area contributed by atoms with Gasteiger partial charge in [0.25, 0.3) is 0 Å². The molecule has 1 aromatic heterocycles. The summed E-state index contributed by atoms with van der Waals surface area (Å²) in [6, 6.07) is 0.285. The Balaban J connectivity index is 2.03. The van der Waals surface area contributed by atoms with Crippen LogP contribution >= 0.6 is 11.6 Å². The minimum atomic E-state index is 0.170. The highest BCUT2D eigenvalue weighted by Gasteiger charge is 2.22. The van der Waals surface area contributed by atoms with Gasteiger partial charge in [-0.25, -0.2) is 0 Å². The number of anilines is 1. The second kappa shape index (κ2) is 6.34. The van der Waals surface area contributed by atoms with Crippen LogP contribution in [0.5, 0.6) is 6.01 Å². The third-order valence-corrected chi connectivity index (χ3v) is 3.38. The van der Waals surface area contributed by atoms with E-state index < -0.39 is 0 Å². The van der Waals surface area contributed by atoms with E-state index in [-0.39, 0.29) is 11.3 Å². The van der Waals surface area contributed by atoms with E-state index in [9.17, 15) is 0 Å². The zero-order valence-electron chi connectivity index (χ0n) is 11.6. The molecular weight excluding hydrogens is 266 g/mol. The molecule has 2 rings (SSSR count). The minimum Gasteiger partial charge on any atom is -0.464 e. The van der Waals surface area contributed by atoms with Crippen molar-refractivity contribution in [2.45, 2.75) is 13.3 Å². The number of aromatic nitrogens is 3. The zero-order valence-corrected chi connectivity index (χ0v) is 12.4. The van der Waals surface area contributed by atoms with Crippen molar-refractivity contribution >= 4 is 17.5 Å². The van der Waals surface area contributed by atoms with Crippen LogP contribution in [0.15, 0.2) is 0 Å². The highest BCUT2D eigenvalue weighted by Crippen LogP contribution is 2.19. The molecule has 0 bridgehead atoms. The van der Waals surface area contributed by atoms with Crippen LogP contribution in [0, 0.1) is 5.92 Å². The molecule has 1 aliphatic rings. The summed E-state index contributed by atoms with van der Waals surface area (Å²) in [6.07, 6.45) is 1.21. The number of ether oxygens (including phenoxy) is 1. The Morgan fingerprint density at radius 3 is 2.84 bits per heavy atom. The van der Waals surface area contributed by atoms with Crippen molar-refractivity contribution in [3.63, 3.8) is 0 Å². The topological polar surface area (TPSA) is 54.4 Å². The third-order valence-electron chi connectivity index (χ3n) is 3.21. The molecule has 1 atom stereocenters. The largest absolute Gasteiger partial charge is 0.464 e. The first-order chi connectivity index (χ1) is 9.08. The Kier molecular flexibility index (Phi) is 4.76. The molecule has 1 aliphatic heterocycles. The van der Waals surface area contributed by atoms with Crippen LogP contribution in [-0.4, -0.2) is 60.2 Å². The number of hydrogen-bond donors (Lipinski definition) is 0. The average Bonchev–Trinajstić information content (AvgIpc) is 2.74. The Morgan fingerprint density at radius 2 is 2.21 bits per heavy atom. The van der Waals surface area contributed by atoms with Gasteiger partial charge < -0.3 is 14.5 Å². The smallest absolute Gasteiger partial charge is 0.322 e. The molecule has 1 fully saturated rings. The van der Waals surface area contributed by atoms with Gasteiger partial charge in [-0.3, -0.25) is 0 Å². The van der Waals surface area contributed by atoms with Gasteiger partial charge in [-0.05, 0) is 44.5 Å². The molecule has 0 saturated carbocycles. The number of likely N-dealkylation sites (tertiary alicyclic amines) is 1. The van der Waals surface area contributed by atoms with E-state index >= 15 is 0 Å². The summed E-state index contributed by atoms with van der Waals surface area (Å²) in [6.45, 7) is 5.57. The lowest BCUT2D eigenvalue weighted by molar-refractivity contribution is 0.311. The summed E-state index contributed by atoms with van der Waals surface area (Å²) in [5.41, 5.74) is 0. The molecule has 1 unspecified atom stereocenters. The van der Waals surface area contributed by atoms with Crippen molar-refractivity contribution < 1.29 is 4.74 Å². The molecule has 0 aromatic carbocycles. The summed E-state index contributed by atoms with van der Waals surface area (Å²) >= 11 is 5.89. The lowest BCUT2D eigenvalue weighted by Gasteiger charge is -2.21. The van der Waals surface area contributed by atoms with Gasteiger partial charge >= 0.3 is 6.01 Å². The fourth-order valence-corrected chi connectivity index (χ4v) is 2.48. The monoisotopic (exact) mass is 285 g/mol. The van der Waals surface area contributed by atoms with Crippen molar-refractivity contribution in [2.24, 2.45) is 5.92 Å². The fraction of sp³-hybridized carbons (Fsp3) is 0.750. The van der Waals surface area contributed by atoms with Gasteiger partial charge in [0, 0.05) is 20.1 Å². The van der Waals surface area contributed by atoms with Crippen molar-refractivity contribution in [2.75, 3.05) is 45.2 Å². The predicted octanol–water partition coefficient (Wildman–Crippen LogP) is 1.31. The second-order valence-electron chi connectivity index (χ2n) is 4.92. The first kappa shape index (κ1) is 14.3. The molecule has 1 aromatic rings. The van der Waals surface area contributed by atoms with E-state index in [1.165, 1.54) is 6.42 Å². The second-order valence-corrected chi connectivity index (χ2v) is 5.26. The Labute approximate surface area is 118 Å². The maximum atomic E-state index is 5.89. The summed E-state index contributed by atoms with van der Waals surface area (Å²) in [4.78, 5) is 16.7. The first-order valence-corrected chi connectivity index (χ1v) is 6.90. The fourth-order valence-electron chi connectivity index (χ4n) is 2.33. The van der Waals surface area contributed by atoms with Gasteiger partial charge in [0.15, 0.2) is 0 Å². The quantitative estimate of drug-likeness (QED) is 0.813. The number of hydrogen-bond acceptors (Lipinski definition) is 6. The van der Waals surface area contributed by atoms with Crippen LogP contribution in [0.25, 0.3) is 0 Å². The van der Waals surface area contributed by atoms with Crippen molar-refractivity contribution in [3.8, 4) is 6.01 Å². The molecule has 0 radical (unpaired) electrons. The molecule has 0 amide bonds. The van der Waals surface area contributed by atoms with Crippen molar-refractivity contribution in [3.05, 3.63) is 5.28 Å². The average molecular weight is 286 g/mol.